The third-order valence-electron chi connectivity index (χ3n) is 5.33. The first-order valence-electron chi connectivity index (χ1n) is 9.61. The smallest absolute Gasteiger partial charge is 0.308 e. The molecule has 0 spiro atoms. The maximum Gasteiger partial charge on any atom is 0.308 e. The second-order valence-corrected chi connectivity index (χ2v) is 7.26. The summed E-state index contributed by atoms with van der Waals surface area (Å²) in [6.07, 6.45) is 0.735. The summed E-state index contributed by atoms with van der Waals surface area (Å²) in [5, 5.41) is 3.61. The number of esters is 2. The zero-order valence-electron chi connectivity index (χ0n) is 17.6. The second-order valence-electron chi connectivity index (χ2n) is 7.26. The number of rotatable bonds is 4. The summed E-state index contributed by atoms with van der Waals surface area (Å²) in [5.41, 5.74) is 1.98. The van der Waals surface area contributed by atoms with Crippen LogP contribution < -0.4 is 23.8 Å². The van der Waals surface area contributed by atoms with Gasteiger partial charge in [0.25, 0.3) is 0 Å². The van der Waals surface area contributed by atoms with Gasteiger partial charge in [-0.1, -0.05) is 0 Å². The number of methoxy groups -OCH3 is 2. The Labute approximate surface area is 174 Å². The van der Waals surface area contributed by atoms with Crippen LogP contribution >= 0.6 is 0 Å². The highest BCUT2D eigenvalue weighted by Crippen LogP contribution is 2.53. The van der Waals surface area contributed by atoms with Crippen LogP contribution in [0.3, 0.4) is 0 Å². The monoisotopic (exact) mass is 409 g/mol. The van der Waals surface area contributed by atoms with Crippen LogP contribution in [0.1, 0.15) is 19.4 Å². The maximum absolute atomic E-state index is 11.8. The average molecular weight is 409 g/mol. The van der Waals surface area contributed by atoms with Crippen LogP contribution in [0.4, 0.5) is 5.69 Å². The summed E-state index contributed by atoms with van der Waals surface area (Å²) in [6.45, 7) is 3.50. The van der Waals surface area contributed by atoms with Gasteiger partial charge in [0.05, 0.1) is 14.2 Å². The molecule has 7 nitrogen and oxygen atoms in total. The first kappa shape index (κ1) is 19.8. The minimum Gasteiger partial charge on any atom is -0.492 e. The van der Waals surface area contributed by atoms with Crippen molar-refractivity contribution in [2.45, 2.75) is 20.3 Å². The Morgan fingerprint density at radius 3 is 2.23 bits per heavy atom. The summed E-state index contributed by atoms with van der Waals surface area (Å²) in [7, 11) is 5.13. The number of hydrogen-bond donors (Lipinski definition) is 0. The summed E-state index contributed by atoms with van der Waals surface area (Å²) in [5.74, 6) is 0.858. The number of benzene rings is 3. The summed E-state index contributed by atoms with van der Waals surface area (Å²) in [4.78, 5) is 25.4. The van der Waals surface area contributed by atoms with Crippen molar-refractivity contribution in [1.29, 1.82) is 0 Å². The third kappa shape index (κ3) is 3.07. The highest BCUT2D eigenvalue weighted by atomic mass is 16.6. The molecular formula is C23H23NO6. The van der Waals surface area contributed by atoms with Crippen molar-refractivity contribution in [3.8, 4) is 23.0 Å². The molecule has 1 heterocycles. The molecule has 30 heavy (non-hydrogen) atoms. The molecule has 4 rings (SSSR count). The largest absolute Gasteiger partial charge is 0.492 e. The third-order valence-corrected chi connectivity index (χ3v) is 5.33. The number of fused-ring (bicyclic) bond motifs is 2. The van der Waals surface area contributed by atoms with Crippen LogP contribution in [0.5, 0.6) is 23.0 Å². The van der Waals surface area contributed by atoms with E-state index in [4.69, 9.17) is 18.9 Å². The molecule has 0 aliphatic carbocycles. The summed E-state index contributed by atoms with van der Waals surface area (Å²) in [6, 6.07) is 7.52. The van der Waals surface area contributed by atoms with Gasteiger partial charge in [-0.25, -0.2) is 0 Å². The van der Waals surface area contributed by atoms with Crippen molar-refractivity contribution in [3.63, 3.8) is 0 Å². The molecule has 0 aromatic heterocycles. The van der Waals surface area contributed by atoms with Crippen LogP contribution in [0.15, 0.2) is 24.3 Å². The lowest BCUT2D eigenvalue weighted by molar-refractivity contribution is -0.132. The van der Waals surface area contributed by atoms with Gasteiger partial charge in [0, 0.05) is 49.5 Å². The van der Waals surface area contributed by atoms with E-state index in [-0.39, 0.29) is 11.7 Å². The molecule has 0 unspecified atom stereocenters. The molecule has 0 amide bonds. The highest BCUT2D eigenvalue weighted by molar-refractivity contribution is 6.19. The molecule has 0 saturated heterocycles. The molecular weight excluding hydrogens is 386 g/mol. The van der Waals surface area contributed by atoms with Gasteiger partial charge >= 0.3 is 11.9 Å². The summed E-state index contributed by atoms with van der Waals surface area (Å²) < 4.78 is 22.3. The standard InChI is InChI=1S/C23H23NO6/c1-12(25)29-15-6-7-16-14(10-15)11-18-19-17(8-9-24(18)3)21(27-4)23(30-13(2)26)22(28-5)20(16)19/h6-7,10-11H,8-9H2,1-5H3. The van der Waals surface area contributed by atoms with Crippen molar-refractivity contribution < 1.29 is 28.5 Å². The number of nitrogens with zero attached hydrogens (tertiary/aromatic N) is 1. The van der Waals surface area contributed by atoms with E-state index in [0.29, 0.717) is 17.2 Å². The van der Waals surface area contributed by atoms with Gasteiger partial charge in [0.1, 0.15) is 5.75 Å². The number of hydrogen-bond acceptors (Lipinski definition) is 7. The molecule has 1 aliphatic rings. The lowest BCUT2D eigenvalue weighted by atomic mass is 9.90. The van der Waals surface area contributed by atoms with Crippen LogP contribution in [-0.4, -0.2) is 39.8 Å². The SMILES string of the molecule is COc1c(OC(C)=O)c(OC)c2c3c(cc4cc(OC(C)=O)ccc42)N(C)CCc13. The van der Waals surface area contributed by atoms with Crippen molar-refractivity contribution in [3.05, 3.63) is 29.8 Å². The Morgan fingerprint density at radius 2 is 1.60 bits per heavy atom. The van der Waals surface area contributed by atoms with E-state index in [1.165, 1.54) is 13.8 Å². The van der Waals surface area contributed by atoms with Crippen molar-refractivity contribution in [2.75, 3.05) is 32.7 Å². The van der Waals surface area contributed by atoms with Crippen molar-refractivity contribution in [1.82, 2.24) is 0 Å². The van der Waals surface area contributed by atoms with E-state index >= 15 is 0 Å². The quantitative estimate of drug-likeness (QED) is 0.368. The first-order valence-corrected chi connectivity index (χ1v) is 9.61. The first-order chi connectivity index (χ1) is 14.3. The lowest BCUT2D eigenvalue weighted by Crippen LogP contribution is -2.25. The average Bonchev–Trinajstić information content (AvgIpc) is 2.69. The maximum atomic E-state index is 11.8. The second kappa shape index (κ2) is 7.40. The van der Waals surface area contributed by atoms with Crippen LogP contribution in [-0.2, 0) is 16.0 Å². The Kier molecular flexibility index (Phi) is 4.89. The Hall–Kier alpha value is -3.48. The molecule has 3 aromatic rings. The molecule has 0 bridgehead atoms. The molecule has 0 atom stereocenters. The fraction of sp³-hybridized carbons (Fsp3) is 0.304. The van der Waals surface area contributed by atoms with E-state index in [0.717, 1.165) is 45.8 Å². The number of carbonyl (C=O) groups is 2. The molecule has 156 valence electrons. The molecule has 1 aliphatic heterocycles. The van der Waals surface area contributed by atoms with Gasteiger partial charge in [0.15, 0.2) is 11.5 Å². The van der Waals surface area contributed by atoms with Crippen LogP contribution in [0.25, 0.3) is 21.5 Å². The number of likely N-dealkylation sites (N-methyl/N-ethyl adjacent to an activating group) is 1. The van der Waals surface area contributed by atoms with Gasteiger partial charge in [-0.05, 0) is 41.5 Å². The molecule has 0 fully saturated rings. The van der Waals surface area contributed by atoms with Gasteiger partial charge in [-0.2, -0.15) is 0 Å². The highest BCUT2D eigenvalue weighted by Gasteiger charge is 2.30. The molecule has 7 heteroatoms. The molecule has 3 aromatic carbocycles. The van der Waals surface area contributed by atoms with Crippen molar-refractivity contribution in [2.24, 2.45) is 0 Å². The number of anilines is 1. The minimum atomic E-state index is -0.455. The molecule has 0 saturated carbocycles. The van der Waals surface area contributed by atoms with E-state index in [9.17, 15) is 9.59 Å². The predicted molar refractivity (Wildman–Crippen MR) is 114 cm³/mol. The van der Waals surface area contributed by atoms with Gasteiger partial charge < -0.3 is 23.8 Å². The minimum absolute atomic E-state index is 0.280. The van der Waals surface area contributed by atoms with E-state index in [2.05, 4.69) is 11.0 Å². The zero-order valence-corrected chi connectivity index (χ0v) is 17.6. The van der Waals surface area contributed by atoms with Crippen LogP contribution in [0, 0.1) is 0 Å². The van der Waals surface area contributed by atoms with Gasteiger partial charge in [-0.15, -0.1) is 0 Å². The lowest BCUT2D eigenvalue weighted by Gasteiger charge is -2.31. The molecule has 0 radical (unpaired) electrons. The molecule has 0 N–H and O–H groups in total. The normalized spacial score (nSPS) is 12.8. The Bertz CT molecular complexity index is 1200. The van der Waals surface area contributed by atoms with E-state index in [1.54, 1.807) is 20.3 Å². The fourth-order valence-electron chi connectivity index (χ4n) is 4.19. The fourth-order valence-corrected chi connectivity index (χ4v) is 4.19. The van der Waals surface area contributed by atoms with Crippen molar-refractivity contribution >= 4 is 39.2 Å². The van der Waals surface area contributed by atoms with Crippen LogP contribution in [0.2, 0.25) is 0 Å². The van der Waals surface area contributed by atoms with E-state index in [1.807, 2.05) is 19.2 Å². The Balaban J connectivity index is 2.18. The van der Waals surface area contributed by atoms with Gasteiger partial charge in [0.2, 0.25) is 5.75 Å². The zero-order chi connectivity index (χ0) is 21.6. The number of carbonyl (C=O) groups excluding carboxylic acids is 2. The van der Waals surface area contributed by atoms with Gasteiger partial charge in [-0.3, -0.25) is 9.59 Å². The predicted octanol–water partition coefficient (Wildman–Crippen LogP) is 3.85. The topological polar surface area (TPSA) is 74.3 Å². The Morgan fingerprint density at radius 1 is 0.900 bits per heavy atom. The summed E-state index contributed by atoms with van der Waals surface area (Å²) >= 11 is 0. The van der Waals surface area contributed by atoms with E-state index < -0.39 is 5.97 Å². The number of ether oxygens (including phenoxy) is 4.